The van der Waals surface area contributed by atoms with Gasteiger partial charge in [-0.2, -0.15) is 11.8 Å². The second-order valence-electron chi connectivity index (χ2n) is 2.86. The minimum absolute atomic E-state index is 0.366. The summed E-state index contributed by atoms with van der Waals surface area (Å²) in [5.74, 6) is 1.18. The maximum Gasteiger partial charge on any atom is 0.0897 e. The monoisotopic (exact) mass is 207 g/mol. The Bertz CT molecular complexity index is 104. The van der Waals surface area contributed by atoms with Crippen molar-refractivity contribution >= 4 is 11.8 Å². The summed E-state index contributed by atoms with van der Waals surface area (Å²) in [6.45, 7) is 4.65. The molecule has 0 fully saturated rings. The van der Waals surface area contributed by atoms with Gasteiger partial charge in [-0.05, 0) is 31.9 Å². The lowest BCUT2D eigenvalue weighted by molar-refractivity contribution is 0.0430. The molecule has 0 spiro atoms. The Morgan fingerprint density at radius 2 is 2.31 bits per heavy atom. The molecule has 80 valence electrons. The van der Waals surface area contributed by atoms with E-state index < -0.39 is 0 Å². The number of aliphatic hydroxyl groups is 1. The van der Waals surface area contributed by atoms with Crippen molar-refractivity contribution in [3.8, 4) is 0 Å². The second kappa shape index (κ2) is 10.3. The Morgan fingerprint density at radius 1 is 1.54 bits per heavy atom. The Balaban J connectivity index is 3.03. The van der Waals surface area contributed by atoms with E-state index in [0.29, 0.717) is 19.8 Å². The molecule has 0 aliphatic rings. The van der Waals surface area contributed by atoms with Crippen molar-refractivity contribution < 1.29 is 9.84 Å². The van der Waals surface area contributed by atoms with Crippen molar-refractivity contribution in [1.29, 1.82) is 0 Å². The summed E-state index contributed by atoms with van der Waals surface area (Å²) in [5.41, 5.74) is 0. The van der Waals surface area contributed by atoms with Gasteiger partial charge in [0.1, 0.15) is 0 Å². The molecule has 13 heavy (non-hydrogen) atoms. The van der Waals surface area contributed by atoms with Crippen LogP contribution in [0, 0.1) is 0 Å². The zero-order chi connectivity index (χ0) is 9.94. The molecule has 0 saturated carbocycles. The SMILES string of the molecule is CCOCC(O)CNCCCSC. The van der Waals surface area contributed by atoms with Gasteiger partial charge < -0.3 is 15.2 Å². The number of ether oxygens (including phenoxy) is 1. The lowest BCUT2D eigenvalue weighted by Crippen LogP contribution is -2.31. The molecule has 0 aromatic rings. The molecule has 1 unspecified atom stereocenters. The summed E-state index contributed by atoms with van der Waals surface area (Å²) < 4.78 is 5.08. The number of hydrogen-bond donors (Lipinski definition) is 2. The third-order valence-electron chi connectivity index (χ3n) is 1.60. The van der Waals surface area contributed by atoms with E-state index in [1.807, 2.05) is 18.7 Å². The van der Waals surface area contributed by atoms with Crippen LogP contribution < -0.4 is 5.32 Å². The molecule has 0 aromatic carbocycles. The molecule has 2 N–H and O–H groups in total. The van der Waals surface area contributed by atoms with E-state index in [1.54, 1.807) is 0 Å². The first-order chi connectivity index (χ1) is 6.31. The second-order valence-corrected chi connectivity index (χ2v) is 3.85. The van der Waals surface area contributed by atoms with Crippen LogP contribution in [0.25, 0.3) is 0 Å². The average Bonchev–Trinajstić information content (AvgIpc) is 2.14. The lowest BCUT2D eigenvalue weighted by atomic mass is 10.3. The largest absolute Gasteiger partial charge is 0.389 e. The molecule has 0 aromatic heterocycles. The van der Waals surface area contributed by atoms with Crippen molar-refractivity contribution in [1.82, 2.24) is 5.32 Å². The highest BCUT2D eigenvalue weighted by Gasteiger charge is 2.01. The summed E-state index contributed by atoms with van der Waals surface area (Å²) in [6.07, 6.45) is 2.89. The standard InChI is InChI=1S/C9H21NO2S/c1-3-12-8-9(11)7-10-5-4-6-13-2/h9-11H,3-8H2,1-2H3. The van der Waals surface area contributed by atoms with Gasteiger partial charge in [-0.15, -0.1) is 0 Å². The van der Waals surface area contributed by atoms with E-state index in [-0.39, 0.29) is 6.10 Å². The van der Waals surface area contributed by atoms with Crippen LogP contribution in [0.5, 0.6) is 0 Å². The highest BCUT2D eigenvalue weighted by Crippen LogP contribution is 1.93. The topological polar surface area (TPSA) is 41.5 Å². The zero-order valence-electron chi connectivity index (χ0n) is 8.58. The predicted molar refractivity (Wildman–Crippen MR) is 58.4 cm³/mol. The highest BCUT2D eigenvalue weighted by molar-refractivity contribution is 7.98. The molecule has 0 amide bonds. The summed E-state index contributed by atoms with van der Waals surface area (Å²) in [5, 5.41) is 12.5. The molecular formula is C9H21NO2S. The molecule has 0 heterocycles. The van der Waals surface area contributed by atoms with Crippen LogP contribution in [-0.4, -0.2) is 49.5 Å². The van der Waals surface area contributed by atoms with Gasteiger partial charge in [0.2, 0.25) is 0 Å². The van der Waals surface area contributed by atoms with Crippen molar-refractivity contribution in [3.05, 3.63) is 0 Å². The first-order valence-corrected chi connectivity index (χ1v) is 6.16. The van der Waals surface area contributed by atoms with Gasteiger partial charge in [-0.25, -0.2) is 0 Å². The lowest BCUT2D eigenvalue weighted by Gasteiger charge is -2.11. The molecule has 0 bridgehead atoms. The van der Waals surface area contributed by atoms with E-state index in [0.717, 1.165) is 13.0 Å². The molecule has 0 rings (SSSR count). The molecule has 0 aliphatic carbocycles. The van der Waals surface area contributed by atoms with Crippen LogP contribution in [0.15, 0.2) is 0 Å². The van der Waals surface area contributed by atoms with Crippen molar-refractivity contribution in [2.24, 2.45) is 0 Å². The fourth-order valence-corrected chi connectivity index (χ4v) is 1.36. The molecule has 1 atom stereocenters. The van der Waals surface area contributed by atoms with Crippen LogP contribution in [0.1, 0.15) is 13.3 Å². The minimum atomic E-state index is -0.366. The van der Waals surface area contributed by atoms with E-state index in [4.69, 9.17) is 4.74 Å². The quantitative estimate of drug-likeness (QED) is 0.547. The fraction of sp³-hybridized carbons (Fsp3) is 1.00. The number of aliphatic hydroxyl groups excluding tert-OH is 1. The van der Waals surface area contributed by atoms with Crippen molar-refractivity contribution in [3.63, 3.8) is 0 Å². The third-order valence-corrected chi connectivity index (χ3v) is 2.29. The van der Waals surface area contributed by atoms with E-state index in [9.17, 15) is 5.11 Å². The van der Waals surface area contributed by atoms with Gasteiger partial charge in [0.05, 0.1) is 12.7 Å². The maximum atomic E-state index is 9.34. The smallest absolute Gasteiger partial charge is 0.0897 e. The van der Waals surface area contributed by atoms with Crippen LogP contribution in [0.2, 0.25) is 0 Å². The first-order valence-electron chi connectivity index (χ1n) is 4.76. The average molecular weight is 207 g/mol. The highest BCUT2D eigenvalue weighted by atomic mass is 32.2. The van der Waals surface area contributed by atoms with E-state index in [2.05, 4.69) is 11.6 Å². The van der Waals surface area contributed by atoms with Crippen LogP contribution in [0.4, 0.5) is 0 Å². The summed E-state index contributed by atoms with van der Waals surface area (Å²) in [4.78, 5) is 0. The zero-order valence-corrected chi connectivity index (χ0v) is 9.40. The molecule has 0 aliphatic heterocycles. The van der Waals surface area contributed by atoms with Gasteiger partial charge in [-0.3, -0.25) is 0 Å². The van der Waals surface area contributed by atoms with Gasteiger partial charge in [0, 0.05) is 13.2 Å². The van der Waals surface area contributed by atoms with Crippen molar-refractivity contribution in [2.75, 3.05) is 38.3 Å². The fourth-order valence-electron chi connectivity index (χ4n) is 0.923. The van der Waals surface area contributed by atoms with Gasteiger partial charge in [0.25, 0.3) is 0 Å². The van der Waals surface area contributed by atoms with Crippen LogP contribution in [0.3, 0.4) is 0 Å². The Labute approximate surface area is 85.2 Å². The Hall–Kier alpha value is 0.230. The molecule has 0 saturated heterocycles. The van der Waals surface area contributed by atoms with Crippen LogP contribution >= 0.6 is 11.8 Å². The first kappa shape index (κ1) is 13.2. The molecule has 4 heteroatoms. The van der Waals surface area contributed by atoms with E-state index >= 15 is 0 Å². The summed E-state index contributed by atoms with van der Waals surface area (Å²) in [6, 6.07) is 0. The van der Waals surface area contributed by atoms with Gasteiger partial charge in [0.15, 0.2) is 0 Å². The number of rotatable bonds is 9. The summed E-state index contributed by atoms with van der Waals surface area (Å²) >= 11 is 1.85. The number of thioether (sulfide) groups is 1. The number of hydrogen-bond acceptors (Lipinski definition) is 4. The van der Waals surface area contributed by atoms with E-state index in [1.165, 1.54) is 5.75 Å². The molecule has 3 nitrogen and oxygen atoms in total. The predicted octanol–water partition coefficient (Wildman–Crippen LogP) is 0.726. The normalized spacial score (nSPS) is 13.2. The third kappa shape index (κ3) is 10.1. The maximum absolute atomic E-state index is 9.34. The van der Waals surface area contributed by atoms with Crippen molar-refractivity contribution in [2.45, 2.75) is 19.4 Å². The van der Waals surface area contributed by atoms with Gasteiger partial charge in [-0.1, -0.05) is 0 Å². The molecule has 0 radical (unpaired) electrons. The van der Waals surface area contributed by atoms with Crippen LogP contribution in [-0.2, 0) is 4.74 Å². The van der Waals surface area contributed by atoms with Gasteiger partial charge >= 0.3 is 0 Å². The Morgan fingerprint density at radius 3 is 2.92 bits per heavy atom. The summed E-state index contributed by atoms with van der Waals surface area (Å²) in [7, 11) is 0. The Kier molecular flexibility index (Phi) is 10.5. The molecular weight excluding hydrogens is 186 g/mol. The number of nitrogens with one attached hydrogen (secondary N) is 1. The minimum Gasteiger partial charge on any atom is -0.389 e.